The number of rotatable bonds is 5. The van der Waals surface area contributed by atoms with E-state index in [1.165, 1.54) is 0 Å². The molecule has 1 aliphatic heterocycles. The number of hydrogen-bond acceptors (Lipinski definition) is 4. The van der Waals surface area contributed by atoms with E-state index in [1.54, 1.807) is 6.20 Å². The predicted molar refractivity (Wildman–Crippen MR) is 124 cm³/mol. The molecule has 4 aromatic heterocycles. The maximum absolute atomic E-state index is 5.79. The summed E-state index contributed by atoms with van der Waals surface area (Å²) in [7, 11) is 0. The number of aryl methyl sites for hydroxylation is 1. The summed E-state index contributed by atoms with van der Waals surface area (Å²) in [5.41, 5.74) is 4.28. The van der Waals surface area contributed by atoms with Crippen molar-refractivity contribution in [2.75, 3.05) is 0 Å². The molecule has 4 aromatic rings. The van der Waals surface area contributed by atoms with Crippen LogP contribution in [0.2, 0.25) is 0 Å². The van der Waals surface area contributed by atoms with Crippen LogP contribution in [0.3, 0.4) is 0 Å². The Morgan fingerprint density at radius 2 is 1.90 bits per heavy atom. The first-order valence-electron chi connectivity index (χ1n) is 10.2. The first kappa shape index (κ1) is 19.4. The van der Waals surface area contributed by atoms with Gasteiger partial charge in [-0.1, -0.05) is 18.2 Å². The standard InChI is InChI=1S/C24H22N6S/c1-17-9-10-21(27-14-17)29-13-5-8-20(29)23-22(19-7-2-3-12-26-19)28-24(31)30(23)16-18-6-4-11-25-15-18/h2-15,22-23H,16H2,1H3,(H,28,31). The lowest BCUT2D eigenvalue weighted by molar-refractivity contribution is 0.302. The van der Waals surface area contributed by atoms with Gasteiger partial charge in [-0.25, -0.2) is 4.98 Å². The van der Waals surface area contributed by atoms with Gasteiger partial charge in [-0.2, -0.15) is 0 Å². The molecule has 5 heterocycles. The maximum atomic E-state index is 5.79. The second-order valence-electron chi connectivity index (χ2n) is 7.61. The van der Waals surface area contributed by atoms with E-state index in [0.29, 0.717) is 11.7 Å². The molecule has 1 N–H and O–H groups in total. The molecule has 0 aliphatic carbocycles. The fourth-order valence-corrected chi connectivity index (χ4v) is 4.34. The molecule has 0 bridgehead atoms. The van der Waals surface area contributed by atoms with Crippen LogP contribution in [0.5, 0.6) is 0 Å². The van der Waals surface area contributed by atoms with E-state index in [-0.39, 0.29) is 12.1 Å². The smallest absolute Gasteiger partial charge is 0.170 e. The van der Waals surface area contributed by atoms with Gasteiger partial charge in [0.05, 0.1) is 17.8 Å². The van der Waals surface area contributed by atoms with Crippen LogP contribution in [0.15, 0.2) is 85.6 Å². The zero-order valence-corrected chi connectivity index (χ0v) is 17.9. The third-order valence-corrected chi connectivity index (χ3v) is 5.85. The molecule has 1 saturated heterocycles. The minimum Gasteiger partial charge on any atom is -0.352 e. The number of hydrogen-bond donors (Lipinski definition) is 1. The van der Waals surface area contributed by atoms with Gasteiger partial charge in [-0.3, -0.25) is 9.97 Å². The predicted octanol–water partition coefficient (Wildman–Crippen LogP) is 4.14. The zero-order chi connectivity index (χ0) is 21.2. The van der Waals surface area contributed by atoms with Crippen LogP contribution >= 0.6 is 12.2 Å². The van der Waals surface area contributed by atoms with E-state index in [1.807, 2.05) is 62.0 Å². The fourth-order valence-electron chi connectivity index (χ4n) is 4.03. The molecular weight excluding hydrogens is 404 g/mol. The van der Waals surface area contributed by atoms with Crippen molar-refractivity contribution in [2.45, 2.75) is 25.6 Å². The summed E-state index contributed by atoms with van der Waals surface area (Å²) in [6.45, 7) is 2.69. The van der Waals surface area contributed by atoms with Crippen LogP contribution in [0, 0.1) is 6.92 Å². The van der Waals surface area contributed by atoms with E-state index in [2.05, 4.69) is 54.0 Å². The van der Waals surface area contributed by atoms with Crippen molar-refractivity contribution >= 4 is 17.3 Å². The lowest BCUT2D eigenvalue weighted by Gasteiger charge is -2.28. The second-order valence-corrected chi connectivity index (χ2v) is 8.00. The second kappa shape index (κ2) is 8.28. The molecule has 0 amide bonds. The maximum Gasteiger partial charge on any atom is 0.170 e. The number of aromatic nitrogens is 4. The van der Waals surface area contributed by atoms with Crippen molar-refractivity contribution in [3.05, 3.63) is 108 Å². The number of pyridine rings is 3. The van der Waals surface area contributed by atoms with Crippen LogP contribution < -0.4 is 5.32 Å². The Morgan fingerprint density at radius 1 is 0.968 bits per heavy atom. The molecule has 0 radical (unpaired) electrons. The van der Waals surface area contributed by atoms with Gasteiger partial charge in [0, 0.05) is 43.2 Å². The van der Waals surface area contributed by atoms with E-state index < -0.39 is 0 Å². The molecule has 0 spiro atoms. The zero-order valence-electron chi connectivity index (χ0n) is 17.1. The summed E-state index contributed by atoms with van der Waals surface area (Å²) in [5, 5.41) is 4.21. The van der Waals surface area contributed by atoms with Crippen molar-refractivity contribution in [3.63, 3.8) is 0 Å². The average Bonchev–Trinajstić information content (AvgIpc) is 3.40. The normalized spacial score (nSPS) is 18.2. The highest BCUT2D eigenvalue weighted by Crippen LogP contribution is 2.40. The molecule has 6 nitrogen and oxygen atoms in total. The van der Waals surface area contributed by atoms with Gasteiger partial charge in [0.25, 0.3) is 0 Å². The molecule has 7 heteroatoms. The number of nitrogens with zero attached hydrogens (tertiary/aromatic N) is 5. The molecule has 1 fully saturated rings. The van der Waals surface area contributed by atoms with Gasteiger partial charge in [0.15, 0.2) is 5.11 Å². The van der Waals surface area contributed by atoms with Crippen LogP contribution in [0.4, 0.5) is 0 Å². The summed E-state index contributed by atoms with van der Waals surface area (Å²) in [6, 6.07) is 18.2. The van der Waals surface area contributed by atoms with Gasteiger partial charge in [-0.15, -0.1) is 0 Å². The van der Waals surface area contributed by atoms with E-state index in [9.17, 15) is 0 Å². The highest BCUT2D eigenvalue weighted by atomic mass is 32.1. The summed E-state index contributed by atoms with van der Waals surface area (Å²) in [6.07, 6.45) is 9.43. The molecule has 1 aliphatic rings. The highest BCUT2D eigenvalue weighted by molar-refractivity contribution is 7.80. The number of nitrogens with one attached hydrogen (secondary N) is 1. The van der Waals surface area contributed by atoms with Crippen LogP contribution in [-0.4, -0.2) is 29.5 Å². The average molecular weight is 427 g/mol. The first-order chi connectivity index (χ1) is 15.2. The SMILES string of the molecule is Cc1ccc(-n2cccc2C2C(c3ccccn3)NC(=S)N2Cc2cccnc2)nc1. The third-order valence-electron chi connectivity index (χ3n) is 5.50. The highest BCUT2D eigenvalue weighted by Gasteiger charge is 2.41. The molecule has 0 aromatic carbocycles. The van der Waals surface area contributed by atoms with Gasteiger partial charge >= 0.3 is 0 Å². The van der Waals surface area contributed by atoms with Crippen LogP contribution in [0.1, 0.15) is 34.6 Å². The minimum absolute atomic E-state index is 0.0549. The largest absolute Gasteiger partial charge is 0.352 e. The summed E-state index contributed by atoms with van der Waals surface area (Å²) in [5.74, 6) is 0.879. The Labute approximate surface area is 186 Å². The number of thiocarbonyl (C=S) groups is 1. The lowest BCUT2D eigenvalue weighted by Crippen LogP contribution is -2.30. The molecule has 2 atom stereocenters. The Morgan fingerprint density at radius 3 is 2.65 bits per heavy atom. The molecule has 31 heavy (non-hydrogen) atoms. The molecule has 154 valence electrons. The minimum atomic E-state index is -0.0792. The van der Waals surface area contributed by atoms with E-state index >= 15 is 0 Å². The van der Waals surface area contributed by atoms with Gasteiger partial charge in [0.2, 0.25) is 0 Å². The molecule has 0 saturated carbocycles. The van der Waals surface area contributed by atoms with E-state index in [4.69, 9.17) is 12.2 Å². The van der Waals surface area contributed by atoms with Crippen molar-refractivity contribution < 1.29 is 0 Å². The topological polar surface area (TPSA) is 58.9 Å². The Bertz CT molecular complexity index is 1170. The van der Waals surface area contributed by atoms with Gasteiger partial charge < -0.3 is 14.8 Å². The Hall–Kier alpha value is -3.58. The Kier molecular flexibility index (Phi) is 5.18. The van der Waals surface area contributed by atoms with Crippen molar-refractivity contribution in [3.8, 4) is 5.82 Å². The quantitative estimate of drug-likeness (QED) is 0.484. The van der Waals surface area contributed by atoms with Gasteiger partial charge in [0.1, 0.15) is 5.82 Å². The molecular formula is C24H22N6S. The Balaban J connectivity index is 1.60. The van der Waals surface area contributed by atoms with Crippen LogP contribution in [-0.2, 0) is 6.54 Å². The first-order valence-corrected chi connectivity index (χ1v) is 10.6. The summed E-state index contributed by atoms with van der Waals surface area (Å²) >= 11 is 5.79. The van der Waals surface area contributed by atoms with E-state index in [0.717, 1.165) is 28.3 Å². The summed E-state index contributed by atoms with van der Waals surface area (Å²) < 4.78 is 2.13. The van der Waals surface area contributed by atoms with Crippen molar-refractivity contribution in [2.24, 2.45) is 0 Å². The molecule has 5 rings (SSSR count). The summed E-state index contributed by atoms with van der Waals surface area (Å²) in [4.78, 5) is 15.8. The third kappa shape index (κ3) is 3.80. The monoisotopic (exact) mass is 426 g/mol. The lowest BCUT2D eigenvalue weighted by atomic mass is 10.0. The van der Waals surface area contributed by atoms with Crippen molar-refractivity contribution in [1.29, 1.82) is 0 Å². The van der Waals surface area contributed by atoms with Crippen LogP contribution in [0.25, 0.3) is 5.82 Å². The van der Waals surface area contributed by atoms with Crippen molar-refractivity contribution in [1.82, 2.24) is 29.7 Å². The molecule has 2 unspecified atom stereocenters. The van der Waals surface area contributed by atoms with Gasteiger partial charge in [-0.05, 0) is 66.7 Å². The fraction of sp³-hybridized carbons (Fsp3) is 0.167.